The number of hydrogen-bond acceptors (Lipinski definition) is 6. The van der Waals surface area contributed by atoms with E-state index in [-0.39, 0.29) is 0 Å². The fourth-order valence-electron chi connectivity index (χ4n) is 2.27. The van der Waals surface area contributed by atoms with Crippen LogP contribution in [-0.2, 0) is 23.8 Å². The molecule has 1 aromatic rings. The first-order chi connectivity index (χ1) is 11.0. The summed E-state index contributed by atoms with van der Waals surface area (Å²) in [5, 5.41) is 9.58. The molecule has 1 aromatic carbocycles. The molecule has 1 fully saturated rings. The van der Waals surface area contributed by atoms with Crippen LogP contribution in [0.5, 0.6) is 0 Å². The van der Waals surface area contributed by atoms with E-state index < -0.39 is 34.5 Å². The highest BCUT2D eigenvalue weighted by Gasteiger charge is 2.51. The number of hydrogen-bond donors (Lipinski definition) is 1. The largest absolute Gasteiger partial charge is 0.494 e. The van der Waals surface area contributed by atoms with Gasteiger partial charge in [0, 0.05) is 17.8 Å². The predicted molar refractivity (Wildman–Crippen MR) is 94.6 cm³/mol. The van der Waals surface area contributed by atoms with E-state index in [0.717, 1.165) is 5.46 Å². The zero-order valence-electron chi connectivity index (χ0n) is 15.1. The van der Waals surface area contributed by atoms with E-state index in [2.05, 4.69) is 4.36 Å². The van der Waals surface area contributed by atoms with Crippen molar-refractivity contribution in [3.63, 3.8) is 0 Å². The number of aliphatic hydroxyl groups excluding tert-OH is 1. The van der Waals surface area contributed by atoms with Crippen molar-refractivity contribution in [2.45, 2.75) is 57.1 Å². The zero-order chi connectivity index (χ0) is 18.2. The molecular weight excluding hydrogens is 329 g/mol. The van der Waals surface area contributed by atoms with Crippen molar-refractivity contribution in [1.29, 1.82) is 0 Å². The van der Waals surface area contributed by atoms with Crippen LogP contribution in [0.3, 0.4) is 0 Å². The van der Waals surface area contributed by atoms with Crippen molar-refractivity contribution in [2.75, 3.05) is 12.9 Å². The normalized spacial score (nSPS) is 22.9. The van der Waals surface area contributed by atoms with Gasteiger partial charge in [0.25, 0.3) is 6.41 Å². The first kappa shape index (κ1) is 19.4. The average molecular weight is 355 g/mol. The summed E-state index contributed by atoms with van der Waals surface area (Å²) in [6.45, 7) is 10.0. The highest BCUT2D eigenvalue weighted by molar-refractivity contribution is 7.93. The number of nitrogens with zero attached hydrogens (tertiary/aromatic N) is 1. The SMILES string of the molecule is CCOC(O)N=S(C)(=O)c1ccc(B2OC(C)(C)C(C)(C)O2)cc1. The lowest BCUT2D eigenvalue weighted by atomic mass is 9.79. The fourth-order valence-corrected chi connectivity index (χ4v) is 3.44. The van der Waals surface area contributed by atoms with Crippen LogP contribution in [0.15, 0.2) is 33.5 Å². The molecule has 8 heteroatoms. The second-order valence-electron chi connectivity index (χ2n) is 6.85. The van der Waals surface area contributed by atoms with Gasteiger partial charge in [0.1, 0.15) is 0 Å². The summed E-state index contributed by atoms with van der Waals surface area (Å²) in [5.74, 6) is 0. The van der Waals surface area contributed by atoms with Gasteiger partial charge in [-0.3, -0.25) is 0 Å². The molecule has 134 valence electrons. The second-order valence-corrected chi connectivity index (χ2v) is 9.13. The Hall–Kier alpha value is -0.925. The molecule has 1 heterocycles. The number of rotatable bonds is 5. The Balaban J connectivity index is 2.22. The van der Waals surface area contributed by atoms with Crippen molar-refractivity contribution in [1.82, 2.24) is 0 Å². The predicted octanol–water partition coefficient (Wildman–Crippen LogP) is 1.75. The van der Waals surface area contributed by atoms with E-state index in [1.807, 2.05) is 39.8 Å². The monoisotopic (exact) mass is 355 g/mol. The first-order valence-electron chi connectivity index (χ1n) is 7.95. The summed E-state index contributed by atoms with van der Waals surface area (Å²) in [6.07, 6.45) is 0.0780. The Bertz CT molecular complexity index is 679. The van der Waals surface area contributed by atoms with Crippen LogP contribution < -0.4 is 5.46 Å². The molecule has 0 amide bonds. The molecule has 2 rings (SSSR count). The molecule has 0 aromatic heterocycles. The van der Waals surface area contributed by atoms with Crippen molar-refractivity contribution < 1.29 is 23.4 Å². The fraction of sp³-hybridized carbons (Fsp3) is 0.625. The smallest absolute Gasteiger partial charge is 0.399 e. The molecule has 24 heavy (non-hydrogen) atoms. The summed E-state index contributed by atoms with van der Waals surface area (Å²) in [7, 11) is -3.22. The van der Waals surface area contributed by atoms with Gasteiger partial charge in [0.05, 0.1) is 20.9 Å². The number of ether oxygens (including phenoxy) is 1. The first-order valence-corrected chi connectivity index (χ1v) is 9.87. The molecule has 1 saturated heterocycles. The summed E-state index contributed by atoms with van der Waals surface area (Å²) in [5.41, 5.74) is 0.0231. The van der Waals surface area contributed by atoms with Crippen molar-refractivity contribution in [2.24, 2.45) is 4.36 Å². The topological polar surface area (TPSA) is 77.4 Å². The van der Waals surface area contributed by atoms with Gasteiger partial charge in [-0.25, -0.2) is 4.21 Å². The quantitative estimate of drug-likeness (QED) is 0.643. The molecule has 0 radical (unpaired) electrons. The average Bonchev–Trinajstić information content (AvgIpc) is 2.67. The summed E-state index contributed by atoms with van der Waals surface area (Å²) >= 11 is 0. The van der Waals surface area contributed by atoms with E-state index in [1.165, 1.54) is 6.26 Å². The highest BCUT2D eigenvalue weighted by atomic mass is 32.2. The molecule has 1 N–H and O–H groups in total. The van der Waals surface area contributed by atoms with Crippen molar-refractivity contribution in [3.8, 4) is 0 Å². The van der Waals surface area contributed by atoms with Crippen LogP contribution in [0.2, 0.25) is 0 Å². The van der Waals surface area contributed by atoms with Crippen molar-refractivity contribution in [3.05, 3.63) is 24.3 Å². The summed E-state index contributed by atoms with van der Waals surface area (Å²) in [6, 6.07) is 7.04. The molecule has 1 aliphatic rings. The van der Waals surface area contributed by atoms with Crippen LogP contribution in [0.4, 0.5) is 0 Å². The number of aliphatic hydroxyl groups is 1. The van der Waals surface area contributed by atoms with Gasteiger partial charge in [-0.05, 0) is 52.2 Å². The van der Waals surface area contributed by atoms with Gasteiger partial charge in [-0.2, -0.15) is 4.36 Å². The van der Waals surface area contributed by atoms with Crippen LogP contribution in [0.1, 0.15) is 34.6 Å². The Morgan fingerprint density at radius 1 is 1.21 bits per heavy atom. The second kappa shape index (κ2) is 6.76. The Labute approximate surface area is 144 Å². The molecule has 1 aliphatic heterocycles. The van der Waals surface area contributed by atoms with Gasteiger partial charge >= 0.3 is 7.12 Å². The Morgan fingerprint density at radius 3 is 2.17 bits per heavy atom. The highest BCUT2D eigenvalue weighted by Crippen LogP contribution is 2.36. The van der Waals surface area contributed by atoms with E-state index in [1.54, 1.807) is 19.1 Å². The minimum Gasteiger partial charge on any atom is -0.399 e. The van der Waals surface area contributed by atoms with Gasteiger partial charge in [-0.15, -0.1) is 0 Å². The Morgan fingerprint density at radius 2 is 1.71 bits per heavy atom. The van der Waals surface area contributed by atoms with E-state index in [4.69, 9.17) is 14.0 Å². The molecule has 6 nitrogen and oxygen atoms in total. The van der Waals surface area contributed by atoms with Gasteiger partial charge < -0.3 is 19.2 Å². The summed E-state index contributed by atoms with van der Waals surface area (Å²) in [4.78, 5) is 0.515. The standard InChI is InChI=1S/C16H26BNO5S/c1-7-21-14(19)18-24(6,20)13-10-8-12(9-11-13)17-22-15(2,3)16(4,5)23-17/h8-11,14,19H,7H2,1-6H3. The van der Waals surface area contributed by atoms with Crippen LogP contribution >= 0.6 is 0 Å². The zero-order valence-corrected chi connectivity index (χ0v) is 15.9. The molecule has 0 bridgehead atoms. The van der Waals surface area contributed by atoms with E-state index in [9.17, 15) is 9.32 Å². The lowest BCUT2D eigenvalue weighted by Crippen LogP contribution is -2.41. The maximum absolute atomic E-state index is 12.6. The molecule has 0 saturated carbocycles. The van der Waals surface area contributed by atoms with E-state index >= 15 is 0 Å². The maximum atomic E-state index is 12.6. The van der Waals surface area contributed by atoms with Gasteiger partial charge in [-0.1, -0.05) is 12.1 Å². The van der Waals surface area contributed by atoms with Crippen molar-refractivity contribution >= 4 is 22.3 Å². The molecule has 2 atom stereocenters. The minimum absolute atomic E-state index is 0.293. The lowest BCUT2D eigenvalue weighted by molar-refractivity contribution is -0.0856. The third-order valence-electron chi connectivity index (χ3n) is 4.45. The van der Waals surface area contributed by atoms with E-state index in [0.29, 0.717) is 11.5 Å². The number of benzene rings is 1. The van der Waals surface area contributed by atoms with Gasteiger partial charge in [0.2, 0.25) is 0 Å². The summed E-state index contributed by atoms with van der Waals surface area (Å²) < 4.78 is 33.4. The van der Waals surface area contributed by atoms with Crippen LogP contribution in [-0.4, -0.2) is 46.9 Å². The van der Waals surface area contributed by atoms with Gasteiger partial charge in [0.15, 0.2) is 0 Å². The maximum Gasteiger partial charge on any atom is 0.494 e. The molecule has 2 unspecified atom stereocenters. The third-order valence-corrected chi connectivity index (χ3v) is 6.18. The minimum atomic E-state index is -2.75. The third kappa shape index (κ3) is 4.00. The molecular formula is C16H26BNO5S. The molecule has 0 spiro atoms. The van der Waals surface area contributed by atoms with Crippen LogP contribution in [0, 0.1) is 0 Å². The van der Waals surface area contributed by atoms with Crippen LogP contribution in [0.25, 0.3) is 0 Å². The Kier molecular flexibility index (Phi) is 5.47. The lowest BCUT2D eigenvalue weighted by Gasteiger charge is -2.32. The molecule has 0 aliphatic carbocycles.